The Morgan fingerprint density at radius 2 is 2.00 bits per heavy atom. The summed E-state index contributed by atoms with van der Waals surface area (Å²) in [7, 11) is 0. The molecular weight excluding hydrogens is 86.1 g/mol. The lowest BCUT2D eigenvalue weighted by Crippen LogP contribution is -1.59. The van der Waals surface area contributed by atoms with Gasteiger partial charge in [0.2, 0.25) is 5.75 Å². The third-order valence-corrected chi connectivity index (χ3v) is 0.354. The van der Waals surface area contributed by atoms with Crippen LogP contribution in [-0.2, 0) is 15.9 Å². The molecule has 0 atom stereocenters. The summed E-state index contributed by atoms with van der Waals surface area (Å²) in [5.74, 6) is 0.681. The summed E-state index contributed by atoms with van der Waals surface area (Å²) in [6.45, 7) is 1.83. The highest BCUT2D eigenvalue weighted by Gasteiger charge is 1.77. The predicted molar refractivity (Wildman–Crippen MR) is 23.6 cm³/mol. The molecule has 0 aromatic carbocycles. The Labute approximate surface area is 35.6 Å². The molecule has 0 rings (SSSR count). The Morgan fingerprint density at radius 3 is 2.00 bits per heavy atom. The second-order valence-corrected chi connectivity index (χ2v) is 1.22. The van der Waals surface area contributed by atoms with Crippen molar-refractivity contribution in [3.63, 3.8) is 0 Å². The van der Waals surface area contributed by atoms with E-state index < -0.39 is 0 Å². The third kappa shape index (κ3) is 16.2. The van der Waals surface area contributed by atoms with E-state index in [1.807, 2.05) is 6.92 Å². The van der Waals surface area contributed by atoms with Gasteiger partial charge in [0, 0.05) is 4.21 Å². The lowest BCUT2D eigenvalue weighted by molar-refractivity contribution is 0.605. The van der Waals surface area contributed by atoms with Gasteiger partial charge in [0.1, 0.15) is 0 Å². The van der Waals surface area contributed by atoms with Crippen molar-refractivity contribution < 1.29 is 4.21 Å². The van der Waals surface area contributed by atoms with Crippen LogP contribution in [0.25, 0.3) is 0 Å². The van der Waals surface area contributed by atoms with Crippen molar-refractivity contribution in [2.75, 3.05) is 5.75 Å². The molecule has 0 aromatic rings. The summed E-state index contributed by atoms with van der Waals surface area (Å²) >= 11 is 0.606. The lowest BCUT2D eigenvalue weighted by Gasteiger charge is -1.29. The first-order valence-electron chi connectivity index (χ1n) is 1.16. The minimum atomic E-state index is 0. The van der Waals surface area contributed by atoms with Crippen LogP contribution < -0.4 is 6.15 Å². The van der Waals surface area contributed by atoms with Crippen molar-refractivity contribution >= 4 is 11.7 Å². The first kappa shape index (κ1) is 8.88. The fourth-order valence-electron chi connectivity index (χ4n) is 0. The maximum Gasteiger partial charge on any atom is 0.458 e. The summed E-state index contributed by atoms with van der Waals surface area (Å²) < 4.78 is 9.22. The van der Waals surface area contributed by atoms with Crippen LogP contribution in [0.3, 0.4) is 0 Å². The molecule has 0 heterocycles. The van der Waals surface area contributed by atoms with Crippen molar-refractivity contribution in [1.29, 1.82) is 0 Å². The first-order valence-corrected chi connectivity index (χ1v) is 2.07. The van der Waals surface area contributed by atoms with Crippen molar-refractivity contribution in [2.24, 2.45) is 0 Å². The lowest BCUT2D eigenvalue weighted by atomic mass is 11.0. The highest BCUT2D eigenvalue weighted by Crippen LogP contribution is 1.45. The van der Waals surface area contributed by atoms with Crippen LogP contribution in [0.1, 0.15) is 6.92 Å². The molecule has 0 aliphatic carbocycles. The minimum Gasteiger partial charge on any atom is -0.344 e. The van der Waals surface area contributed by atoms with Crippen molar-refractivity contribution in [1.82, 2.24) is 6.15 Å². The van der Waals surface area contributed by atoms with Gasteiger partial charge < -0.3 is 6.15 Å². The van der Waals surface area contributed by atoms with E-state index >= 15 is 0 Å². The number of hydrogen-bond acceptors (Lipinski definition) is 2. The van der Waals surface area contributed by atoms with Crippen molar-refractivity contribution in [3.8, 4) is 0 Å². The molecule has 3 heteroatoms. The second-order valence-electron chi connectivity index (χ2n) is 0.407. The molecule has 0 radical (unpaired) electrons. The molecule has 0 amide bonds. The molecule has 0 spiro atoms. The van der Waals surface area contributed by atoms with E-state index in [2.05, 4.69) is 0 Å². The average Bonchev–Trinajstić information content (AvgIpc) is 1.37. The smallest absolute Gasteiger partial charge is 0.344 e. The van der Waals surface area contributed by atoms with E-state index in [9.17, 15) is 4.21 Å². The third-order valence-electron chi connectivity index (χ3n) is 0.118. The largest absolute Gasteiger partial charge is 0.458 e. The molecule has 5 heavy (non-hydrogen) atoms. The SMILES string of the molecule is CC[S+]=O.N. The van der Waals surface area contributed by atoms with E-state index in [4.69, 9.17) is 0 Å². The van der Waals surface area contributed by atoms with Gasteiger partial charge in [-0.3, -0.25) is 0 Å². The van der Waals surface area contributed by atoms with Crippen LogP contribution in [0.2, 0.25) is 0 Å². The zero-order chi connectivity index (χ0) is 3.41. The topological polar surface area (TPSA) is 52.1 Å². The van der Waals surface area contributed by atoms with Crippen molar-refractivity contribution in [3.05, 3.63) is 0 Å². The van der Waals surface area contributed by atoms with Gasteiger partial charge in [-0.25, -0.2) is 0 Å². The fraction of sp³-hybridized carbons (Fsp3) is 1.00. The molecule has 0 aliphatic rings. The Morgan fingerprint density at radius 1 is 1.80 bits per heavy atom. The van der Waals surface area contributed by atoms with E-state index in [0.29, 0.717) is 17.4 Å². The van der Waals surface area contributed by atoms with Crippen LogP contribution in [0, 0.1) is 0 Å². The fourth-order valence-corrected chi connectivity index (χ4v) is 0. The van der Waals surface area contributed by atoms with Crippen molar-refractivity contribution in [2.45, 2.75) is 6.92 Å². The molecule has 0 aliphatic heterocycles. The molecule has 0 aromatic heterocycles. The molecule has 2 nitrogen and oxygen atoms in total. The predicted octanol–water partition coefficient (Wildman–Crippen LogP) is 0.596. The zero-order valence-corrected chi connectivity index (χ0v) is 4.05. The summed E-state index contributed by atoms with van der Waals surface area (Å²) in [5.41, 5.74) is 0. The average molecular weight is 94.2 g/mol. The van der Waals surface area contributed by atoms with Gasteiger partial charge >= 0.3 is 11.7 Å². The molecule has 0 saturated heterocycles. The van der Waals surface area contributed by atoms with Gasteiger partial charge in [0.05, 0.1) is 0 Å². The zero-order valence-electron chi connectivity index (χ0n) is 3.23. The Kier molecular flexibility index (Phi) is 16.0. The second kappa shape index (κ2) is 9.02. The van der Waals surface area contributed by atoms with E-state index in [1.165, 1.54) is 0 Å². The van der Waals surface area contributed by atoms with Gasteiger partial charge in [-0.05, 0) is 6.92 Å². The normalized spacial score (nSPS) is 5.00. The van der Waals surface area contributed by atoms with Crippen LogP contribution in [-0.4, -0.2) is 5.75 Å². The molecule has 0 bridgehead atoms. The highest BCUT2D eigenvalue weighted by molar-refractivity contribution is 7.65. The van der Waals surface area contributed by atoms with Crippen LogP contribution in [0.15, 0.2) is 0 Å². The van der Waals surface area contributed by atoms with Crippen LogP contribution >= 0.6 is 0 Å². The summed E-state index contributed by atoms with van der Waals surface area (Å²) in [4.78, 5) is 0. The van der Waals surface area contributed by atoms with E-state index in [1.54, 1.807) is 0 Å². The standard InChI is InChI=1S/C2H5OS.H3N/c1-2-4-3;/h2H2,1H3;1H3/q+1;. The summed E-state index contributed by atoms with van der Waals surface area (Å²) in [6, 6.07) is 0. The quantitative estimate of drug-likeness (QED) is 0.483. The van der Waals surface area contributed by atoms with Gasteiger partial charge in [0.25, 0.3) is 0 Å². The molecule has 0 fully saturated rings. The Hall–Kier alpha value is -0.0200. The first-order chi connectivity index (χ1) is 1.91. The molecule has 32 valence electrons. The van der Waals surface area contributed by atoms with Crippen LogP contribution in [0.5, 0.6) is 0 Å². The number of rotatable bonds is 1. The monoisotopic (exact) mass is 94.0 g/mol. The maximum absolute atomic E-state index is 9.22. The van der Waals surface area contributed by atoms with Gasteiger partial charge in [0.15, 0.2) is 0 Å². The maximum atomic E-state index is 9.22. The minimum absolute atomic E-state index is 0. The molecule has 0 unspecified atom stereocenters. The van der Waals surface area contributed by atoms with Gasteiger partial charge in [-0.1, -0.05) is 0 Å². The van der Waals surface area contributed by atoms with E-state index in [-0.39, 0.29) is 6.15 Å². The Bertz CT molecular complexity index is 23.6. The molecular formula is C2H8NOS+. The van der Waals surface area contributed by atoms with Gasteiger partial charge in [-0.15, -0.1) is 0 Å². The number of hydrogen-bond donors (Lipinski definition) is 1. The molecule has 0 saturated carbocycles. The Balaban J connectivity index is 0. The summed E-state index contributed by atoms with van der Waals surface area (Å²) in [5, 5.41) is 0. The van der Waals surface area contributed by atoms with Crippen LogP contribution in [0.4, 0.5) is 0 Å². The highest BCUT2D eigenvalue weighted by atomic mass is 32.1. The summed E-state index contributed by atoms with van der Waals surface area (Å²) in [6.07, 6.45) is 0. The molecule has 3 N–H and O–H groups in total. The van der Waals surface area contributed by atoms with Gasteiger partial charge in [-0.2, -0.15) is 0 Å². The van der Waals surface area contributed by atoms with E-state index in [0.717, 1.165) is 0 Å².